The van der Waals surface area contributed by atoms with Crippen molar-refractivity contribution in [2.75, 3.05) is 13.7 Å². The normalized spacial score (nSPS) is 10.2. The zero-order valence-corrected chi connectivity index (χ0v) is 13.1. The summed E-state index contributed by atoms with van der Waals surface area (Å²) in [5, 5.41) is 0.600. The van der Waals surface area contributed by atoms with Gasteiger partial charge in [-0.05, 0) is 46.3 Å². The van der Waals surface area contributed by atoms with E-state index in [0.717, 1.165) is 0 Å². The maximum Gasteiger partial charge on any atom is 0.200 e. The topological polar surface area (TPSA) is 35.5 Å². The van der Waals surface area contributed by atoms with Crippen molar-refractivity contribution in [2.45, 2.75) is 0 Å². The van der Waals surface area contributed by atoms with Crippen LogP contribution in [-0.4, -0.2) is 19.5 Å². The van der Waals surface area contributed by atoms with E-state index in [1.165, 1.54) is 0 Å². The van der Waals surface area contributed by atoms with Gasteiger partial charge in [-0.1, -0.05) is 23.7 Å². The van der Waals surface area contributed by atoms with Gasteiger partial charge < -0.3 is 9.47 Å². The second kappa shape index (κ2) is 6.77. The summed E-state index contributed by atoms with van der Waals surface area (Å²) >= 11 is 9.18. The van der Waals surface area contributed by atoms with E-state index in [2.05, 4.69) is 15.9 Å². The number of benzene rings is 2. The lowest BCUT2D eigenvalue weighted by atomic mass is 10.1. The van der Waals surface area contributed by atoms with Crippen LogP contribution in [-0.2, 0) is 0 Å². The molecule has 0 unspecified atom stereocenters. The average molecular weight is 356 g/mol. The van der Waals surface area contributed by atoms with Crippen molar-refractivity contribution >= 4 is 33.3 Å². The second-order valence-corrected chi connectivity index (χ2v) is 5.31. The van der Waals surface area contributed by atoms with E-state index < -0.39 is 0 Å². The second-order valence-electron chi connectivity index (χ2n) is 4.02. The molecule has 0 aliphatic heterocycles. The first-order valence-electron chi connectivity index (χ1n) is 5.85. The van der Waals surface area contributed by atoms with Gasteiger partial charge in [0, 0.05) is 10.6 Å². The Morgan fingerprint density at radius 1 is 1.25 bits per heavy atom. The third-order valence-electron chi connectivity index (χ3n) is 2.64. The number of rotatable bonds is 5. The van der Waals surface area contributed by atoms with E-state index in [0.29, 0.717) is 26.6 Å². The molecule has 0 aliphatic carbocycles. The van der Waals surface area contributed by atoms with Gasteiger partial charge in [0.2, 0.25) is 0 Å². The van der Waals surface area contributed by atoms with E-state index in [4.69, 9.17) is 21.1 Å². The van der Waals surface area contributed by atoms with Crippen molar-refractivity contribution in [3.05, 3.63) is 57.5 Å². The van der Waals surface area contributed by atoms with E-state index in [1.54, 1.807) is 49.6 Å². The highest BCUT2D eigenvalue weighted by Crippen LogP contribution is 2.28. The minimum Gasteiger partial charge on any atom is -0.497 e. The highest BCUT2D eigenvalue weighted by atomic mass is 79.9. The molecule has 0 saturated heterocycles. The quantitative estimate of drug-likeness (QED) is 0.747. The number of carbonyl (C=O) groups excluding carboxylic acids is 1. The fraction of sp³-hybridized carbons (Fsp3) is 0.133. The number of ketones is 1. The Balaban J connectivity index is 2.04. The maximum absolute atomic E-state index is 12.0. The van der Waals surface area contributed by atoms with Crippen molar-refractivity contribution in [2.24, 2.45) is 0 Å². The van der Waals surface area contributed by atoms with Crippen molar-refractivity contribution in [1.82, 2.24) is 0 Å². The average Bonchev–Trinajstić information content (AvgIpc) is 2.46. The Labute approximate surface area is 130 Å². The smallest absolute Gasteiger partial charge is 0.200 e. The lowest BCUT2D eigenvalue weighted by molar-refractivity contribution is 0.0920. The molecule has 104 valence electrons. The Bertz CT molecular complexity index is 628. The molecule has 0 N–H and O–H groups in total. The summed E-state index contributed by atoms with van der Waals surface area (Å²) in [6.07, 6.45) is 0. The van der Waals surface area contributed by atoms with Crippen LogP contribution in [0.3, 0.4) is 0 Å². The molecule has 3 nitrogen and oxygen atoms in total. The van der Waals surface area contributed by atoms with Crippen LogP contribution in [0.4, 0.5) is 0 Å². The molecule has 0 atom stereocenters. The van der Waals surface area contributed by atoms with Crippen LogP contribution in [0.1, 0.15) is 10.4 Å². The monoisotopic (exact) mass is 354 g/mol. The molecule has 0 radical (unpaired) electrons. The molecule has 0 spiro atoms. The molecule has 0 heterocycles. The number of hydrogen-bond acceptors (Lipinski definition) is 3. The third kappa shape index (κ3) is 3.74. The summed E-state index contributed by atoms with van der Waals surface area (Å²) in [7, 11) is 1.56. The van der Waals surface area contributed by atoms with Crippen molar-refractivity contribution in [1.29, 1.82) is 0 Å². The lowest BCUT2D eigenvalue weighted by Crippen LogP contribution is -2.11. The van der Waals surface area contributed by atoms with Crippen molar-refractivity contribution < 1.29 is 14.3 Å². The highest BCUT2D eigenvalue weighted by Gasteiger charge is 2.09. The summed E-state index contributed by atoms with van der Waals surface area (Å²) in [6, 6.07) is 12.1. The van der Waals surface area contributed by atoms with Crippen molar-refractivity contribution in [3.8, 4) is 11.5 Å². The van der Waals surface area contributed by atoms with Crippen LogP contribution in [0, 0.1) is 0 Å². The number of ether oxygens (including phenoxy) is 2. The molecule has 2 aromatic rings. The summed E-state index contributed by atoms with van der Waals surface area (Å²) in [6.45, 7) is -0.0482. The number of Topliss-reactive ketones (excluding diaryl/α,β-unsaturated/α-hetero) is 1. The first kappa shape index (κ1) is 14.9. The third-order valence-corrected chi connectivity index (χ3v) is 3.50. The molecule has 20 heavy (non-hydrogen) atoms. The van der Waals surface area contributed by atoms with Gasteiger partial charge in [0.1, 0.15) is 11.5 Å². The standard InChI is InChI=1S/C15H12BrClO3/c1-19-12-4-2-3-10(7-12)14(18)9-20-15-6-5-11(17)8-13(15)16/h2-8H,9H2,1H3. The number of halogens is 2. The van der Waals surface area contributed by atoms with Gasteiger partial charge in [-0.25, -0.2) is 0 Å². The number of hydrogen-bond donors (Lipinski definition) is 0. The molecule has 0 amide bonds. The van der Waals surface area contributed by atoms with E-state index in [-0.39, 0.29) is 12.4 Å². The Hall–Kier alpha value is -1.52. The van der Waals surface area contributed by atoms with Crippen LogP contribution in [0.5, 0.6) is 11.5 Å². The predicted octanol–water partition coefficient (Wildman–Crippen LogP) is 4.37. The van der Waals surface area contributed by atoms with Crippen LogP contribution < -0.4 is 9.47 Å². The maximum atomic E-state index is 12.0. The van der Waals surface area contributed by atoms with E-state index >= 15 is 0 Å². The zero-order valence-electron chi connectivity index (χ0n) is 10.7. The van der Waals surface area contributed by atoms with Gasteiger partial charge in [0.15, 0.2) is 12.4 Å². The minimum atomic E-state index is -0.120. The minimum absolute atomic E-state index is 0.0482. The predicted molar refractivity (Wildman–Crippen MR) is 82.0 cm³/mol. The van der Waals surface area contributed by atoms with Crippen molar-refractivity contribution in [3.63, 3.8) is 0 Å². The Kier molecular flexibility index (Phi) is 5.04. The first-order chi connectivity index (χ1) is 9.60. The van der Waals surface area contributed by atoms with E-state index in [1.807, 2.05) is 0 Å². The van der Waals surface area contributed by atoms with Gasteiger partial charge in [-0.3, -0.25) is 4.79 Å². The van der Waals surface area contributed by atoms with Crippen LogP contribution in [0.25, 0.3) is 0 Å². The summed E-state index contributed by atoms with van der Waals surface area (Å²) in [4.78, 5) is 12.0. The number of carbonyl (C=O) groups is 1. The molecule has 0 aliphatic rings. The van der Waals surface area contributed by atoms with Crippen LogP contribution >= 0.6 is 27.5 Å². The molecule has 0 bridgehead atoms. The largest absolute Gasteiger partial charge is 0.497 e. The van der Waals surface area contributed by atoms with Crippen LogP contribution in [0.2, 0.25) is 5.02 Å². The highest BCUT2D eigenvalue weighted by molar-refractivity contribution is 9.10. The summed E-state index contributed by atoms with van der Waals surface area (Å²) in [5.74, 6) is 1.10. The SMILES string of the molecule is COc1cccc(C(=O)COc2ccc(Cl)cc2Br)c1. The first-order valence-corrected chi connectivity index (χ1v) is 7.02. The van der Waals surface area contributed by atoms with Gasteiger partial charge in [-0.15, -0.1) is 0 Å². The molecule has 0 aromatic heterocycles. The molecule has 2 aromatic carbocycles. The fourth-order valence-electron chi connectivity index (χ4n) is 1.62. The van der Waals surface area contributed by atoms with Gasteiger partial charge in [-0.2, -0.15) is 0 Å². The molecule has 5 heteroatoms. The van der Waals surface area contributed by atoms with Gasteiger partial charge >= 0.3 is 0 Å². The summed E-state index contributed by atoms with van der Waals surface area (Å²) in [5.41, 5.74) is 0.550. The lowest BCUT2D eigenvalue weighted by Gasteiger charge is -2.08. The van der Waals surface area contributed by atoms with E-state index in [9.17, 15) is 4.79 Å². The van der Waals surface area contributed by atoms with Crippen LogP contribution in [0.15, 0.2) is 46.9 Å². The molecule has 0 fully saturated rings. The summed E-state index contributed by atoms with van der Waals surface area (Å²) < 4.78 is 11.3. The molecular weight excluding hydrogens is 344 g/mol. The Morgan fingerprint density at radius 3 is 2.75 bits per heavy atom. The van der Waals surface area contributed by atoms with Gasteiger partial charge in [0.25, 0.3) is 0 Å². The molecule has 0 saturated carbocycles. The fourth-order valence-corrected chi connectivity index (χ4v) is 2.41. The number of methoxy groups -OCH3 is 1. The van der Waals surface area contributed by atoms with Gasteiger partial charge in [0.05, 0.1) is 11.6 Å². The zero-order chi connectivity index (χ0) is 14.5. The molecule has 2 rings (SSSR count). The Morgan fingerprint density at radius 2 is 2.05 bits per heavy atom. The molecular formula is C15H12BrClO3.